The molecule has 0 spiro atoms. The normalized spacial score (nSPS) is 22.8. The van der Waals surface area contributed by atoms with E-state index < -0.39 is 0 Å². The lowest BCUT2D eigenvalue weighted by molar-refractivity contribution is -0.117. The minimum Gasteiger partial charge on any atom is -0.372 e. The number of rotatable bonds is 4. The quantitative estimate of drug-likeness (QED) is 0.929. The first-order valence-electron chi connectivity index (χ1n) is 8.54. The fraction of sp³-hybridized carbons (Fsp3) is 0.611. The van der Waals surface area contributed by atoms with Crippen molar-refractivity contribution in [3.05, 3.63) is 24.3 Å². The van der Waals surface area contributed by atoms with Crippen molar-refractivity contribution < 1.29 is 4.79 Å². The SMILES string of the molecule is CN1CCCC(CC(=O)Nc2ccc(N3CCCC3)cc2)C1. The predicted octanol–water partition coefficient (Wildman–Crippen LogP) is 2.96. The number of nitrogens with zero attached hydrogens (tertiary/aromatic N) is 2. The van der Waals surface area contributed by atoms with Gasteiger partial charge in [-0.1, -0.05) is 0 Å². The number of hydrogen-bond donors (Lipinski definition) is 1. The van der Waals surface area contributed by atoms with Crippen LogP contribution in [0.15, 0.2) is 24.3 Å². The molecule has 2 aliphatic heterocycles. The average molecular weight is 301 g/mol. The maximum atomic E-state index is 12.2. The number of amides is 1. The van der Waals surface area contributed by atoms with Gasteiger partial charge in [-0.25, -0.2) is 0 Å². The Morgan fingerprint density at radius 2 is 1.86 bits per heavy atom. The number of piperidine rings is 1. The number of hydrogen-bond acceptors (Lipinski definition) is 3. The molecule has 1 N–H and O–H groups in total. The Bertz CT molecular complexity index is 494. The fourth-order valence-electron chi connectivity index (χ4n) is 3.64. The van der Waals surface area contributed by atoms with Gasteiger partial charge in [-0.3, -0.25) is 4.79 Å². The molecule has 1 aromatic carbocycles. The van der Waals surface area contributed by atoms with E-state index in [-0.39, 0.29) is 5.91 Å². The van der Waals surface area contributed by atoms with Gasteiger partial charge in [0.2, 0.25) is 5.91 Å². The smallest absolute Gasteiger partial charge is 0.224 e. The maximum Gasteiger partial charge on any atom is 0.224 e. The van der Waals surface area contributed by atoms with Crippen LogP contribution < -0.4 is 10.2 Å². The van der Waals surface area contributed by atoms with Crippen molar-refractivity contribution in [1.29, 1.82) is 0 Å². The summed E-state index contributed by atoms with van der Waals surface area (Å²) in [6.45, 7) is 4.51. The Kier molecular flexibility index (Phi) is 4.98. The summed E-state index contributed by atoms with van der Waals surface area (Å²) in [7, 11) is 2.14. The molecule has 1 unspecified atom stereocenters. The fourth-order valence-corrected chi connectivity index (χ4v) is 3.64. The standard InChI is InChI=1S/C18H27N3O/c1-20-10-4-5-15(14-20)13-18(22)19-16-6-8-17(9-7-16)21-11-2-3-12-21/h6-9,15H,2-5,10-14H2,1H3,(H,19,22). The summed E-state index contributed by atoms with van der Waals surface area (Å²) in [6.07, 6.45) is 5.59. The molecule has 2 fully saturated rings. The van der Waals surface area contributed by atoms with Crippen molar-refractivity contribution in [2.24, 2.45) is 5.92 Å². The molecule has 1 atom stereocenters. The second-order valence-electron chi connectivity index (χ2n) is 6.76. The third-order valence-corrected chi connectivity index (χ3v) is 4.82. The Labute approximate surface area is 133 Å². The van der Waals surface area contributed by atoms with Gasteiger partial charge in [-0.15, -0.1) is 0 Å². The van der Waals surface area contributed by atoms with E-state index in [4.69, 9.17) is 0 Å². The van der Waals surface area contributed by atoms with Crippen LogP contribution in [0.1, 0.15) is 32.1 Å². The summed E-state index contributed by atoms with van der Waals surface area (Å²) < 4.78 is 0. The summed E-state index contributed by atoms with van der Waals surface area (Å²) in [5.74, 6) is 0.650. The maximum absolute atomic E-state index is 12.2. The molecule has 120 valence electrons. The summed E-state index contributed by atoms with van der Waals surface area (Å²) in [5.41, 5.74) is 2.18. The molecule has 2 heterocycles. The second-order valence-corrected chi connectivity index (χ2v) is 6.76. The molecular formula is C18H27N3O. The van der Waals surface area contributed by atoms with Gasteiger partial charge in [-0.05, 0) is 69.5 Å². The van der Waals surface area contributed by atoms with Gasteiger partial charge in [0.25, 0.3) is 0 Å². The molecule has 0 saturated carbocycles. The minimum atomic E-state index is 0.147. The van der Waals surface area contributed by atoms with Crippen molar-refractivity contribution in [2.45, 2.75) is 32.1 Å². The molecule has 3 rings (SSSR count). The van der Waals surface area contributed by atoms with Gasteiger partial charge >= 0.3 is 0 Å². The molecule has 0 aromatic heterocycles. The Balaban J connectivity index is 1.50. The van der Waals surface area contributed by atoms with E-state index in [1.165, 1.54) is 31.4 Å². The van der Waals surface area contributed by atoms with Crippen LogP contribution in [-0.4, -0.2) is 44.0 Å². The molecule has 4 heteroatoms. The zero-order chi connectivity index (χ0) is 15.4. The molecule has 1 amide bonds. The third kappa shape index (κ3) is 4.01. The zero-order valence-corrected chi connectivity index (χ0v) is 13.6. The van der Waals surface area contributed by atoms with Gasteiger partial charge < -0.3 is 15.1 Å². The van der Waals surface area contributed by atoms with Crippen molar-refractivity contribution in [3.63, 3.8) is 0 Å². The number of nitrogens with one attached hydrogen (secondary N) is 1. The van der Waals surface area contributed by atoms with Crippen LogP contribution in [0.25, 0.3) is 0 Å². The third-order valence-electron chi connectivity index (χ3n) is 4.82. The van der Waals surface area contributed by atoms with E-state index in [9.17, 15) is 4.79 Å². The molecule has 1 aromatic rings. The lowest BCUT2D eigenvalue weighted by Crippen LogP contribution is -2.34. The Morgan fingerprint density at radius 1 is 1.14 bits per heavy atom. The minimum absolute atomic E-state index is 0.147. The van der Waals surface area contributed by atoms with E-state index in [2.05, 4.69) is 34.3 Å². The predicted molar refractivity (Wildman–Crippen MR) is 91.4 cm³/mol. The highest BCUT2D eigenvalue weighted by Gasteiger charge is 2.20. The lowest BCUT2D eigenvalue weighted by Gasteiger charge is -2.29. The van der Waals surface area contributed by atoms with Crippen molar-refractivity contribution in [1.82, 2.24) is 4.90 Å². The lowest BCUT2D eigenvalue weighted by atomic mass is 9.95. The molecule has 0 radical (unpaired) electrons. The van der Waals surface area contributed by atoms with E-state index in [0.29, 0.717) is 12.3 Å². The van der Waals surface area contributed by atoms with E-state index in [1.807, 2.05) is 12.1 Å². The second kappa shape index (κ2) is 7.14. The zero-order valence-electron chi connectivity index (χ0n) is 13.6. The average Bonchev–Trinajstić information content (AvgIpc) is 3.02. The summed E-state index contributed by atoms with van der Waals surface area (Å²) in [6, 6.07) is 8.29. The van der Waals surface area contributed by atoms with Crippen LogP contribution in [0.4, 0.5) is 11.4 Å². The van der Waals surface area contributed by atoms with E-state index >= 15 is 0 Å². The Hall–Kier alpha value is -1.55. The van der Waals surface area contributed by atoms with Gasteiger partial charge in [0, 0.05) is 37.4 Å². The highest BCUT2D eigenvalue weighted by Crippen LogP contribution is 2.23. The van der Waals surface area contributed by atoms with Crippen LogP contribution in [0.2, 0.25) is 0 Å². The first kappa shape index (κ1) is 15.3. The largest absolute Gasteiger partial charge is 0.372 e. The number of likely N-dealkylation sites (tertiary alicyclic amines) is 1. The van der Waals surface area contributed by atoms with Crippen molar-refractivity contribution in [2.75, 3.05) is 43.4 Å². The van der Waals surface area contributed by atoms with Crippen LogP contribution in [-0.2, 0) is 4.79 Å². The first-order valence-corrected chi connectivity index (χ1v) is 8.54. The highest BCUT2D eigenvalue weighted by molar-refractivity contribution is 5.91. The molecular weight excluding hydrogens is 274 g/mol. The van der Waals surface area contributed by atoms with Crippen LogP contribution in [0.3, 0.4) is 0 Å². The molecule has 0 aliphatic carbocycles. The van der Waals surface area contributed by atoms with Gasteiger partial charge in [0.15, 0.2) is 0 Å². The molecule has 2 aliphatic rings. The number of carbonyl (C=O) groups excluding carboxylic acids is 1. The van der Waals surface area contributed by atoms with E-state index in [0.717, 1.165) is 31.9 Å². The number of benzene rings is 1. The Morgan fingerprint density at radius 3 is 2.55 bits per heavy atom. The van der Waals surface area contributed by atoms with Gasteiger partial charge in [0.05, 0.1) is 0 Å². The topological polar surface area (TPSA) is 35.6 Å². The summed E-state index contributed by atoms with van der Waals surface area (Å²) >= 11 is 0. The number of anilines is 2. The molecule has 22 heavy (non-hydrogen) atoms. The van der Waals surface area contributed by atoms with Crippen molar-refractivity contribution >= 4 is 17.3 Å². The number of carbonyl (C=O) groups is 1. The van der Waals surface area contributed by atoms with Crippen LogP contribution in [0.5, 0.6) is 0 Å². The molecule has 0 bridgehead atoms. The monoisotopic (exact) mass is 301 g/mol. The van der Waals surface area contributed by atoms with Gasteiger partial charge in [-0.2, -0.15) is 0 Å². The van der Waals surface area contributed by atoms with Gasteiger partial charge in [0.1, 0.15) is 0 Å². The molecule has 4 nitrogen and oxygen atoms in total. The van der Waals surface area contributed by atoms with E-state index in [1.54, 1.807) is 0 Å². The summed E-state index contributed by atoms with van der Waals surface area (Å²) in [5, 5.41) is 3.05. The summed E-state index contributed by atoms with van der Waals surface area (Å²) in [4.78, 5) is 16.9. The first-order chi connectivity index (χ1) is 10.7. The van der Waals surface area contributed by atoms with Crippen LogP contribution in [0, 0.1) is 5.92 Å². The molecule has 2 saturated heterocycles. The van der Waals surface area contributed by atoms with Crippen molar-refractivity contribution in [3.8, 4) is 0 Å². The van der Waals surface area contributed by atoms with Crippen LogP contribution >= 0.6 is 0 Å². The highest BCUT2D eigenvalue weighted by atomic mass is 16.1.